The first-order valence-corrected chi connectivity index (χ1v) is 9.03. The van der Waals surface area contributed by atoms with Crippen molar-refractivity contribution in [3.8, 4) is 0 Å². The Morgan fingerprint density at radius 1 is 1.28 bits per heavy atom. The maximum atomic E-state index is 12.2. The molecule has 25 heavy (non-hydrogen) atoms. The summed E-state index contributed by atoms with van der Waals surface area (Å²) in [6, 6.07) is 3.28. The first kappa shape index (κ1) is 17.9. The van der Waals surface area contributed by atoms with Gasteiger partial charge in [-0.2, -0.15) is 5.10 Å². The van der Waals surface area contributed by atoms with Crippen molar-refractivity contribution in [1.82, 2.24) is 24.9 Å². The number of carbonyl (C=O) groups excluding carboxylic acids is 1. The minimum Gasteiger partial charge on any atom is -0.376 e. The Morgan fingerprint density at radius 3 is 2.80 bits per heavy atom. The van der Waals surface area contributed by atoms with E-state index in [4.69, 9.17) is 4.74 Å². The lowest BCUT2D eigenvalue weighted by Crippen LogP contribution is -2.53. The number of aromatic nitrogens is 2. The Kier molecular flexibility index (Phi) is 6.04. The van der Waals surface area contributed by atoms with Gasteiger partial charge in [-0.25, -0.2) is 9.48 Å². The molecule has 1 aromatic rings. The molecule has 0 bridgehead atoms. The highest BCUT2D eigenvalue weighted by atomic mass is 16.5. The van der Waals surface area contributed by atoms with Gasteiger partial charge >= 0.3 is 6.03 Å². The second kappa shape index (κ2) is 8.44. The molecule has 1 unspecified atom stereocenters. The maximum absolute atomic E-state index is 12.2. The number of urea groups is 1. The number of hydrogen-bond donors (Lipinski definition) is 1. The molecule has 0 aliphatic carbocycles. The van der Waals surface area contributed by atoms with Gasteiger partial charge in [0.1, 0.15) is 0 Å². The lowest BCUT2D eigenvalue weighted by molar-refractivity contribution is 0.104. The molecule has 2 saturated heterocycles. The summed E-state index contributed by atoms with van der Waals surface area (Å²) in [4.78, 5) is 28.1. The highest BCUT2D eigenvalue weighted by Crippen LogP contribution is 2.11. The van der Waals surface area contributed by atoms with Crippen molar-refractivity contribution in [2.45, 2.75) is 32.4 Å². The summed E-state index contributed by atoms with van der Waals surface area (Å²) in [6.45, 7) is 7.65. The molecule has 2 fully saturated rings. The summed E-state index contributed by atoms with van der Waals surface area (Å²) >= 11 is 0. The largest absolute Gasteiger partial charge is 0.376 e. The second-order valence-electron chi connectivity index (χ2n) is 6.69. The predicted octanol–water partition coefficient (Wildman–Crippen LogP) is 0.0579. The molecule has 2 aliphatic rings. The SMILES string of the molecule is Cc1ccc(=O)n(CCN2CCN(C(=O)NCC3CCCO3)CC2)n1. The third-order valence-corrected chi connectivity index (χ3v) is 4.79. The Morgan fingerprint density at radius 2 is 2.08 bits per heavy atom. The molecule has 8 heteroatoms. The highest BCUT2D eigenvalue weighted by Gasteiger charge is 2.22. The second-order valence-corrected chi connectivity index (χ2v) is 6.69. The van der Waals surface area contributed by atoms with Crippen LogP contribution in [-0.4, -0.2) is 77.6 Å². The van der Waals surface area contributed by atoms with Gasteiger partial charge in [0.05, 0.1) is 18.3 Å². The molecule has 0 radical (unpaired) electrons. The zero-order valence-corrected chi connectivity index (χ0v) is 14.8. The summed E-state index contributed by atoms with van der Waals surface area (Å²) in [7, 11) is 0. The fourth-order valence-electron chi connectivity index (χ4n) is 3.24. The van der Waals surface area contributed by atoms with E-state index in [1.165, 1.54) is 4.68 Å². The van der Waals surface area contributed by atoms with Crippen LogP contribution in [0, 0.1) is 6.92 Å². The lowest BCUT2D eigenvalue weighted by atomic mass is 10.2. The topological polar surface area (TPSA) is 79.7 Å². The first-order valence-electron chi connectivity index (χ1n) is 9.03. The van der Waals surface area contributed by atoms with Crippen LogP contribution in [0.1, 0.15) is 18.5 Å². The van der Waals surface area contributed by atoms with Crippen molar-refractivity contribution in [2.75, 3.05) is 45.9 Å². The van der Waals surface area contributed by atoms with E-state index >= 15 is 0 Å². The van der Waals surface area contributed by atoms with E-state index in [0.717, 1.165) is 44.8 Å². The van der Waals surface area contributed by atoms with E-state index in [9.17, 15) is 9.59 Å². The van der Waals surface area contributed by atoms with E-state index in [1.807, 2.05) is 11.8 Å². The van der Waals surface area contributed by atoms with Gasteiger partial charge in [-0.15, -0.1) is 0 Å². The summed E-state index contributed by atoms with van der Waals surface area (Å²) in [5.74, 6) is 0. The Labute approximate surface area is 147 Å². The van der Waals surface area contributed by atoms with Crippen molar-refractivity contribution in [2.24, 2.45) is 0 Å². The van der Waals surface area contributed by atoms with Gasteiger partial charge in [0.2, 0.25) is 0 Å². The molecule has 0 aromatic carbocycles. The van der Waals surface area contributed by atoms with Crippen LogP contribution in [-0.2, 0) is 11.3 Å². The maximum Gasteiger partial charge on any atom is 0.317 e. The molecule has 3 rings (SSSR count). The molecule has 138 valence electrons. The fourth-order valence-corrected chi connectivity index (χ4v) is 3.24. The van der Waals surface area contributed by atoms with E-state index in [1.54, 1.807) is 12.1 Å². The van der Waals surface area contributed by atoms with Crippen LogP contribution in [0.5, 0.6) is 0 Å². The fraction of sp³-hybridized carbons (Fsp3) is 0.706. The number of aryl methyl sites for hydroxylation is 1. The smallest absolute Gasteiger partial charge is 0.317 e. The normalized spacial score (nSPS) is 21.5. The van der Waals surface area contributed by atoms with Crippen molar-refractivity contribution in [3.05, 3.63) is 28.2 Å². The third-order valence-electron chi connectivity index (χ3n) is 4.79. The number of amides is 2. The average molecular weight is 349 g/mol. The monoisotopic (exact) mass is 349 g/mol. The van der Waals surface area contributed by atoms with Crippen molar-refractivity contribution >= 4 is 6.03 Å². The van der Waals surface area contributed by atoms with Gasteiger partial charge < -0.3 is 15.0 Å². The molecule has 0 saturated carbocycles. The Hall–Kier alpha value is -1.93. The molecule has 1 aromatic heterocycles. The summed E-state index contributed by atoms with van der Waals surface area (Å²) in [5.41, 5.74) is 0.769. The number of ether oxygens (including phenoxy) is 1. The van der Waals surface area contributed by atoms with E-state index in [0.29, 0.717) is 26.2 Å². The van der Waals surface area contributed by atoms with Crippen molar-refractivity contribution < 1.29 is 9.53 Å². The highest BCUT2D eigenvalue weighted by molar-refractivity contribution is 5.74. The van der Waals surface area contributed by atoms with Gasteiger partial charge in [0.25, 0.3) is 5.56 Å². The molecular formula is C17H27N5O3. The number of hydrogen-bond acceptors (Lipinski definition) is 5. The first-order chi connectivity index (χ1) is 12.1. The Balaban J connectivity index is 1.38. The van der Waals surface area contributed by atoms with Gasteiger partial charge in [0, 0.05) is 51.9 Å². The van der Waals surface area contributed by atoms with E-state index < -0.39 is 0 Å². The quantitative estimate of drug-likeness (QED) is 0.813. The van der Waals surface area contributed by atoms with Gasteiger partial charge in [-0.1, -0.05) is 0 Å². The van der Waals surface area contributed by atoms with Crippen LogP contribution in [0.3, 0.4) is 0 Å². The van der Waals surface area contributed by atoms with Gasteiger partial charge in [0.15, 0.2) is 0 Å². The zero-order valence-electron chi connectivity index (χ0n) is 14.8. The van der Waals surface area contributed by atoms with Crippen LogP contribution in [0.15, 0.2) is 16.9 Å². The minimum absolute atomic E-state index is 0.00767. The number of piperazine rings is 1. The van der Waals surface area contributed by atoms with E-state index in [-0.39, 0.29) is 17.7 Å². The molecule has 2 amide bonds. The summed E-state index contributed by atoms with van der Waals surface area (Å²) in [6.07, 6.45) is 2.28. The van der Waals surface area contributed by atoms with Crippen LogP contribution in [0.25, 0.3) is 0 Å². The minimum atomic E-state index is -0.0715. The summed E-state index contributed by atoms with van der Waals surface area (Å²) < 4.78 is 7.03. The number of rotatable bonds is 5. The standard InChI is InChI=1S/C17H27N5O3/c1-14-4-5-16(23)22(19-14)11-8-20-6-9-21(10-7-20)17(24)18-13-15-3-2-12-25-15/h4-5,15H,2-3,6-13H2,1H3,(H,18,24). The molecule has 0 spiro atoms. The van der Waals surface area contributed by atoms with Gasteiger partial charge in [-0.05, 0) is 25.8 Å². The molecule has 8 nitrogen and oxygen atoms in total. The van der Waals surface area contributed by atoms with Crippen molar-refractivity contribution in [3.63, 3.8) is 0 Å². The zero-order chi connectivity index (χ0) is 17.6. The molecule has 3 heterocycles. The molecule has 2 aliphatic heterocycles. The molecular weight excluding hydrogens is 322 g/mol. The summed E-state index contributed by atoms with van der Waals surface area (Å²) in [5, 5.41) is 7.22. The number of nitrogens with one attached hydrogen (secondary N) is 1. The van der Waals surface area contributed by atoms with Crippen LogP contribution in [0.2, 0.25) is 0 Å². The van der Waals surface area contributed by atoms with Crippen LogP contribution >= 0.6 is 0 Å². The molecule has 1 atom stereocenters. The number of carbonyl (C=O) groups is 1. The van der Waals surface area contributed by atoms with Crippen LogP contribution < -0.4 is 10.9 Å². The average Bonchev–Trinajstić information content (AvgIpc) is 3.14. The lowest BCUT2D eigenvalue weighted by Gasteiger charge is -2.34. The number of nitrogens with zero attached hydrogens (tertiary/aromatic N) is 4. The van der Waals surface area contributed by atoms with Gasteiger partial charge in [-0.3, -0.25) is 9.69 Å². The van der Waals surface area contributed by atoms with E-state index in [2.05, 4.69) is 15.3 Å². The third kappa shape index (κ3) is 5.02. The Bertz CT molecular complexity index is 633. The molecule has 1 N–H and O–H groups in total. The predicted molar refractivity (Wildman–Crippen MR) is 93.6 cm³/mol. The van der Waals surface area contributed by atoms with Crippen LogP contribution in [0.4, 0.5) is 4.79 Å². The van der Waals surface area contributed by atoms with Crippen molar-refractivity contribution in [1.29, 1.82) is 0 Å².